The second kappa shape index (κ2) is 10.9. The van der Waals surface area contributed by atoms with Crippen LogP contribution in [0.15, 0.2) is 60.7 Å². The maximum absolute atomic E-state index is 13.4. The molecule has 6 nitrogen and oxygen atoms in total. The molecule has 0 unspecified atom stereocenters. The van der Waals surface area contributed by atoms with Crippen LogP contribution in [0.5, 0.6) is 0 Å². The third-order valence-corrected chi connectivity index (χ3v) is 6.68. The molecule has 0 bridgehead atoms. The highest BCUT2D eigenvalue weighted by Crippen LogP contribution is 2.37. The molecule has 0 fully saturated rings. The summed E-state index contributed by atoms with van der Waals surface area (Å²) >= 11 is 6.02. The molecular formula is C28H30ClN3O3. The standard InChI is InChI=1S/C28H30ClN3O3/c1-3-23(27(34)30-4-2)32(18-19-13-15-21(29)16-14-19)25(33)12-7-17-31-24-11-6-9-20-8-5-10-22(26(20)24)28(31)35/h5-6,8-11,13-16,23H,3-4,7,12,17-18H2,1-2H3,(H,30,34)/t23-/m0/s1. The van der Waals surface area contributed by atoms with Crippen molar-refractivity contribution < 1.29 is 14.4 Å². The Hall–Kier alpha value is -3.38. The molecule has 1 aliphatic heterocycles. The van der Waals surface area contributed by atoms with E-state index in [2.05, 4.69) is 5.32 Å². The zero-order valence-electron chi connectivity index (χ0n) is 20.1. The molecule has 1 N–H and O–H groups in total. The van der Waals surface area contributed by atoms with Gasteiger partial charge in [-0.25, -0.2) is 0 Å². The van der Waals surface area contributed by atoms with Crippen molar-refractivity contribution >= 4 is 45.8 Å². The molecule has 3 aromatic carbocycles. The lowest BCUT2D eigenvalue weighted by Crippen LogP contribution is -2.49. The monoisotopic (exact) mass is 491 g/mol. The molecule has 1 aliphatic rings. The minimum atomic E-state index is -0.565. The smallest absolute Gasteiger partial charge is 0.258 e. The Kier molecular flexibility index (Phi) is 7.71. The first-order valence-electron chi connectivity index (χ1n) is 12.1. The van der Waals surface area contributed by atoms with Gasteiger partial charge in [0, 0.05) is 42.0 Å². The lowest BCUT2D eigenvalue weighted by Gasteiger charge is -2.31. The number of halogens is 1. The maximum atomic E-state index is 13.4. The summed E-state index contributed by atoms with van der Waals surface area (Å²) in [4.78, 5) is 42.6. The van der Waals surface area contributed by atoms with E-state index >= 15 is 0 Å². The molecular weight excluding hydrogens is 462 g/mol. The van der Waals surface area contributed by atoms with Crippen molar-refractivity contribution in [3.05, 3.63) is 76.8 Å². The average Bonchev–Trinajstić information content (AvgIpc) is 3.13. The molecule has 3 aromatic rings. The Morgan fingerprint density at radius 3 is 2.43 bits per heavy atom. The maximum Gasteiger partial charge on any atom is 0.258 e. The summed E-state index contributed by atoms with van der Waals surface area (Å²) in [5, 5.41) is 5.47. The fourth-order valence-electron chi connectivity index (χ4n) is 4.73. The van der Waals surface area contributed by atoms with E-state index in [1.54, 1.807) is 21.9 Å². The molecule has 182 valence electrons. The summed E-state index contributed by atoms with van der Waals surface area (Å²) in [6.45, 7) is 5.02. The van der Waals surface area contributed by atoms with Crippen LogP contribution in [0.3, 0.4) is 0 Å². The van der Waals surface area contributed by atoms with Crippen LogP contribution in [0.4, 0.5) is 5.69 Å². The third-order valence-electron chi connectivity index (χ3n) is 6.42. The van der Waals surface area contributed by atoms with Crippen molar-refractivity contribution in [2.24, 2.45) is 0 Å². The van der Waals surface area contributed by atoms with Gasteiger partial charge in [0.25, 0.3) is 5.91 Å². The molecule has 0 aromatic heterocycles. The third kappa shape index (κ3) is 5.17. The van der Waals surface area contributed by atoms with Gasteiger partial charge in [-0.15, -0.1) is 0 Å². The van der Waals surface area contributed by atoms with Gasteiger partial charge in [0.05, 0.1) is 5.69 Å². The molecule has 35 heavy (non-hydrogen) atoms. The average molecular weight is 492 g/mol. The number of nitrogens with zero attached hydrogens (tertiary/aromatic N) is 2. The number of hydrogen-bond acceptors (Lipinski definition) is 3. The van der Waals surface area contributed by atoms with E-state index in [0.717, 1.165) is 22.0 Å². The predicted octanol–water partition coefficient (Wildman–Crippen LogP) is 5.18. The zero-order chi connectivity index (χ0) is 24.9. The number of likely N-dealkylation sites (N-methyl/N-ethyl adjacent to an activating group) is 1. The molecule has 4 rings (SSSR count). The second-order valence-corrected chi connectivity index (χ2v) is 9.14. The topological polar surface area (TPSA) is 69.7 Å². The van der Waals surface area contributed by atoms with Crippen LogP contribution in [0.2, 0.25) is 5.02 Å². The first-order chi connectivity index (χ1) is 16.9. The Bertz CT molecular complexity index is 1240. The number of carbonyl (C=O) groups excluding carboxylic acids is 3. The molecule has 7 heteroatoms. The number of hydrogen-bond donors (Lipinski definition) is 1. The van der Waals surface area contributed by atoms with E-state index in [0.29, 0.717) is 43.1 Å². The number of amides is 3. The molecule has 1 atom stereocenters. The Morgan fingerprint density at radius 2 is 1.74 bits per heavy atom. The molecule has 0 saturated carbocycles. The number of benzene rings is 3. The van der Waals surface area contributed by atoms with E-state index in [9.17, 15) is 14.4 Å². The predicted molar refractivity (Wildman–Crippen MR) is 140 cm³/mol. The van der Waals surface area contributed by atoms with Gasteiger partial charge in [-0.1, -0.05) is 54.9 Å². The molecule has 0 aliphatic carbocycles. The van der Waals surface area contributed by atoms with E-state index < -0.39 is 6.04 Å². The molecule has 3 amide bonds. The first-order valence-corrected chi connectivity index (χ1v) is 12.5. The summed E-state index contributed by atoms with van der Waals surface area (Å²) in [7, 11) is 0. The summed E-state index contributed by atoms with van der Waals surface area (Å²) < 4.78 is 0. The van der Waals surface area contributed by atoms with Crippen molar-refractivity contribution in [2.45, 2.75) is 45.7 Å². The van der Waals surface area contributed by atoms with Crippen LogP contribution in [0.1, 0.15) is 49.0 Å². The largest absolute Gasteiger partial charge is 0.355 e. The van der Waals surface area contributed by atoms with Crippen molar-refractivity contribution in [1.29, 1.82) is 0 Å². The summed E-state index contributed by atoms with van der Waals surface area (Å²) in [5.41, 5.74) is 2.50. The summed E-state index contributed by atoms with van der Waals surface area (Å²) in [5.74, 6) is -0.300. The SMILES string of the molecule is CCNC(=O)[C@H](CC)N(Cc1ccc(Cl)cc1)C(=O)CCCN1C(=O)c2cccc3cccc1c23. The van der Waals surface area contributed by atoms with Gasteiger partial charge in [0.2, 0.25) is 11.8 Å². The molecule has 1 heterocycles. The molecule has 0 saturated heterocycles. The fraction of sp³-hybridized carbons (Fsp3) is 0.321. The van der Waals surface area contributed by atoms with Gasteiger partial charge in [-0.05, 0) is 55.0 Å². The van der Waals surface area contributed by atoms with E-state index in [-0.39, 0.29) is 24.1 Å². The second-order valence-electron chi connectivity index (χ2n) is 8.71. The molecule has 0 spiro atoms. The lowest BCUT2D eigenvalue weighted by molar-refractivity contribution is -0.141. The van der Waals surface area contributed by atoms with Crippen molar-refractivity contribution in [3.63, 3.8) is 0 Å². The minimum absolute atomic E-state index is 0.0315. The highest BCUT2D eigenvalue weighted by Gasteiger charge is 2.31. The quantitative estimate of drug-likeness (QED) is 0.425. The Labute approximate surface area is 210 Å². The van der Waals surface area contributed by atoms with E-state index in [1.165, 1.54) is 0 Å². The van der Waals surface area contributed by atoms with Crippen LogP contribution >= 0.6 is 11.6 Å². The van der Waals surface area contributed by atoms with Gasteiger partial charge in [0.15, 0.2) is 0 Å². The fourth-order valence-corrected chi connectivity index (χ4v) is 4.86. The van der Waals surface area contributed by atoms with Crippen molar-refractivity contribution in [1.82, 2.24) is 10.2 Å². The van der Waals surface area contributed by atoms with Crippen molar-refractivity contribution in [2.75, 3.05) is 18.0 Å². The van der Waals surface area contributed by atoms with Crippen LogP contribution in [0, 0.1) is 0 Å². The van der Waals surface area contributed by atoms with E-state index in [1.807, 2.05) is 62.4 Å². The van der Waals surface area contributed by atoms with Crippen LogP contribution < -0.4 is 10.2 Å². The van der Waals surface area contributed by atoms with Gasteiger partial charge >= 0.3 is 0 Å². The number of rotatable bonds is 10. The lowest BCUT2D eigenvalue weighted by atomic mass is 10.1. The number of carbonyl (C=O) groups is 3. The Morgan fingerprint density at radius 1 is 1.03 bits per heavy atom. The van der Waals surface area contributed by atoms with Crippen LogP contribution in [-0.2, 0) is 16.1 Å². The number of anilines is 1. The van der Waals surface area contributed by atoms with Gasteiger partial charge < -0.3 is 15.1 Å². The first kappa shape index (κ1) is 24.7. The van der Waals surface area contributed by atoms with Crippen molar-refractivity contribution in [3.8, 4) is 0 Å². The van der Waals surface area contributed by atoms with Gasteiger partial charge in [-0.2, -0.15) is 0 Å². The minimum Gasteiger partial charge on any atom is -0.355 e. The highest BCUT2D eigenvalue weighted by atomic mass is 35.5. The summed E-state index contributed by atoms with van der Waals surface area (Å²) in [6, 6.07) is 18.4. The highest BCUT2D eigenvalue weighted by molar-refractivity contribution is 6.30. The van der Waals surface area contributed by atoms with Gasteiger partial charge in [-0.3, -0.25) is 14.4 Å². The summed E-state index contributed by atoms with van der Waals surface area (Å²) in [6.07, 6.45) is 1.24. The Balaban J connectivity index is 1.48. The van der Waals surface area contributed by atoms with E-state index in [4.69, 9.17) is 11.6 Å². The zero-order valence-corrected chi connectivity index (χ0v) is 20.8. The van der Waals surface area contributed by atoms with Crippen LogP contribution in [0.25, 0.3) is 10.8 Å². The molecule has 0 radical (unpaired) electrons. The number of nitrogens with one attached hydrogen (secondary N) is 1. The normalized spacial score (nSPS) is 13.2. The van der Waals surface area contributed by atoms with Gasteiger partial charge in [0.1, 0.15) is 6.04 Å². The van der Waals surface area contributed by atoms with Crippen LogP contribution in [-0.4, -0.2) is 41.8 Å².